The topological polar surface area (TPSA) is 12.0 Å². The van der Waals surface area contributed by atoms with Gasteiger partial charge < -0.3 is 5.32 Å². The molecular formula is C17H26BrN. The Hall–Kier alpha value is -0.340. The molecule has 1 N–H and O–H groups in total. The first-order valence-electron chi connectivity index (χ1n) is 7.71. The zero-order valence-corrected chi connectivity index (χ0v) is 13.7. The number of rotatable bonds is 4. The van der Waals surface area contributed by atoms with Gasteiger partial charge in [0.15, 0.2) is 0 Å². The summed E-state index contributed by atoms with van der Waals surface area (Å²) < 4.78 is 1.22. The first kappa shape index (κ1) is 15.1. The van der Waals surface area contributed by atoms with E-state index in [-0.39, 0.29) is 0 Å². The van der Waals surface area contributed by atoms with Gasteiger partial charge in [0.2, 0.25) is 0 Å². The Morgan fingerprint density at radius 2 is 2.00 bits per heavy atom. The first-order chi connectivity index (χ1) is 9.20. The van der Waals surface area contributed by atoms with Crippen LogP contribution in [-0.2, 0) is 0 Å². The molecule has 19 heavy (non-hydrogen) atoms. The SMILES string of the molecule is CCC1CCCC(N[C@H](C)c2ccccc2Br)CC1. The fourth-order valence-corrected chi connectivity index (χ4v) is 3.85. The summed E-state index contributed by atoms with van der Waals surface area (Å²) in [6, 6.07) is 9.68. The summed E-state index contributed by atoms with van der Waals surface area (Å²) in [4.78, 5) is 0. The van der Waals surface area contributed by atoms with E-state index in [9.17, 15) is 0 Å². The van der Waals surface area contributed by atoms with Gasteiger partial charge in [-0.25, -0.2) is 0 Å². The van der Waals surface area contributed by atoms with Crippen LogP contribution in [0.25, 0.3) is 0 Å². The second-order valence-electron chi connectivity index (χ2n) is 5.89. The third-order valence-electron chi connectivity index (χ3n) is 4.52. The molecule has 1 aromatic carbocycles. The Bertz CT molecular complexity index is 391. The van der Waals surface area contributed by atoms with Crippen molar-refractivity contribution < 1.29 is 0 Å². The predicted molar refractivity (Wildman–Crippen MR) is 86.3 cm³/mol. The van der Waals surface area contributed by atoms with E-state index in [1.807, 2.05) is 0 Å². The van der Waals surface area contributed by atoms with E-state index in [0.29, 0.717) is 12.1 Å². The number of hydrogen-bond donors (Lipinski definition) is 1. The summed E-state index contributed by atoms with van der Waals surface area (Å²) in [5.74, 6) is 0.963. The lowest BCUT2D eigenvalue weighted by molar-refractivity contribution is 0.399. The summed E-state index contributed by atoms with van der Waals surface area (Å²) in [5, 5.41) is 3.83. The van der Waals surface area contributed by atoms with Crippen LogP contribution in [0.1, 0.15) is 64.0 Å². The minimum atomic E-state index is 0.429. The van der Waals surface area contributed by atoms with Crippen LogP contribution in [0, 0.1) is 5.92 Å². The Balaban J connectivity index is 1.92. The minimum Gasteiger partial charge on any atom is -0.307 e. The van der Waals surface area contributed by atoms with Gasteiger partial charge in [-0.05, 0) is 43.7 Å². The molecule has 0 heterocycles. The van der Waals surface area contributed by atoms with Crippen molar-refractivity contribution in [3.8, 4) is 0 Å². The normalized spacial score (nSPS) is 25.8. The smallest absolute Gasteiger partial charge is 0.0305 e. The molecule has 1 aliphatic carbocycles. The molecule has 1 fully saturated rings. The van der Waals surface area contributed by atoms with E-state index in [1.54, 1.807) is 0 Å². The van der Waals surface area contributed by atoms with Gasteiger partial charge in [0.1, 0.15) is 0 Å². The molecular weight excluding hydrogens is 298 g/mol. The van der Waals surface area contributed by atoms with Crippen LogP contribution in [0.2, 0.25) is 0 Å². The largest absolute Gasteiger partial charge is 0.307 e. The van der Waals surface area contributed by atoms with Gasteiger partial charge in [-0.15, -0.1) is 0 Å². The van der Waals surface area contributed by atoms with Gasteiger partial charge >= 0.3 is 0 Å². The number of halogens is 1. The molecule has 0 radical (unpaired) electrons. The quantitative estimate of drug-likeness (QED) is 0.725. The van der Waals surface area contributed by atoms with Gasteiger partial charge in [0.05, 0.1) is 0 Å². The summed E-state index contributed by atoms with van der Waals surface area (Å²) >= 11 is 3.66. The van der Waals surface area contributed by atoms with Crippen molar-refractivity contribution >= 4 is 15.9 Å². The van der Waals surface area contributed by atoms with Crippen molar-refractivity contribution in [1.29, 1.82) is 0 Å². The second-order valence-corrected chi connectivity index (χ2v) is 6.74. The average molecular weight is 324 g/mol. The zero-order valence-electron chi connectivity index (χ0n) is 12.2. The molecule has 1 aliphatic rings. The maximum absolute atomic E-state index is 3.83. The van der Waals surface area contributed by atoms with Gasteiger partial charge in [0, 0.05) is 16.6 Å². The highest BCUT2D eigenvalue weighted by molar-refractivity contribution is 9.10. The van der Waals surface area contributed by atoms with E-state index in [0.717, 1.165) is 5.92 Å². The standard InChI is InChI=1S/C17H26BrN/c1-3-14-7-6-8-15(12-11-14)19-13(2)16-9-4-5-10-17(16)18/h4-5,9-10,13-15,19H,3,6-8,11-12H2,1-2H3/t13-,14?,15?/m1/s1. The molecule has 1 saturated carbocycles. The molecule has 0 amide bonds. The Labute approximate surface area is 126 Å². The lowest BCUT2D eigenvalue weighted by Gasteiger charge is -2.23. The van der Waals surface area contributed by atoms with Gasteiger partial charge in [-0.2, -0.15) is 0 Å². The van der Waals surface area contributed by atoms with Gasteiger partial charge in [-0.3, -0.25) is 0 Å². The lowest BCUT2D eigenvalue weighted by Crippen LogP contribution is -2.31. The summed E-state index contributed by atoms with van der Waals surface area (Å²) in [5.41, 5.74) is 1.37. The number of hydrogen-bond acceptors (Lipinski definition) is 1. The van der Waals surface area contributed by atoms with E-state index in [1.165, 1.54) is 48.6 Å². The second kappa shape index (κ2) is 7.44. The van der Waals surface area contributed by atoms with Crippen molar-refractivity contribution in [3.63, 3.8) is 0 Å². The molecule has 0 spiro atoms. The number of benzene rings is 1. The van der Waals surface area contributed by atoms with E-state index < -0.39 is 0 Å². The summed E-state index contributed by atoms with van der Waals surface area (Å²) in [6.45, 7) is 4.62. The molecule has 1 aromatic rings. The highest BCUT2D eigenvalue weighted by Crippen LogP contribution is 2.28. The molecule has 0 bridgehead atoms. The fraction of sp³-hybridized carbons (Fsp3) is 0.647. The van der Waals surface area contributed by atoms with Crippen molar-refractivity contribution in [2.24, 2.45) is 5.92 Å². The molecule has 106 valence electrons. The molecule has 0 aromatic heterocycles. The number of nitrogens with one attached hydrogen (secondary N) is 1. The molecule has 1 nitrogen and oxygen atoms in total. The fourth-order valence-electron chi connectivity index (χ4n) is 3.22. The first-order valence-corrected chi connectivity index (χ1v) is 8.50. The van der Waals surface area contributed by atoms with Crippen molar-refractivity contribution in [1.82, 2.24) is 5.32 Å². The van der Waals surface area contributed by atoms with Crippen LogP contribution < -0.4 is 5.32 Å². The summed E-state index contributed by atoms with van der Waals surface area (Å²) in [7, 11) is 0. The van der Waals surface area contributed by atoms with Crippen LogP contribution in [-0.4, -0.2) is 6.04 Å². The highest BCUT2D eigenvalue weighted by atomic mass is 79.9. The van der Waals surface area contributed by atoms with E-state index in [4.69, 9.17) is 0 Å². The Morgan fingerprint density at radius 3 is 2.74 bits per heavy atom. The van der Waals surface area contributed by atoms with Crippen LogP contribution in [0.4, 0.5) is 0 Å². The van der Waals surface area contributed by atoms with Crippen LogP contribution in [0.5, 0.6) is 0 Å². The third kappa shape index (κ3) is 4.32. The van der Waals surface area contributed by atoms with Crippen molar-refractivity contribution in [2.45, 2.75) is 64.5 Å². The van der Waals surface area contributed by atoms with Crippen LogP contribution in [0.3, 0.4) is 0 Å². The van der Waals surface area contributed by atoms with E-state index >= 15 is 0 Å². The average Bonchev–Trinajstić information content (AvgIpc) is 2.64. The predicted octanol–water partition coefficient (Wildman–Crippen LogP) is 5.46. The monoisotopic (exact) mass is 323 g/mol. The molecule has 0 saturated heterocycles. The van der Waals surface area contributed by atoms with Crippen LogP contribution >= 0.6 is 15.9 Å². The van der Waals surface area contributed by atoms with Crippen molar-refractivity contribution in [3.05, 3.63) is 34.3 Å². The Kier molecular flexibility index (Phi) is 5.90. The van der Waals surface area contributed by atoms with E-state index in [2.05, 4.69) is 59.4 Å². The maximum Gasteiger partial charge on any atom is 0.0305 e. The Morgan fingerprint density at radius 1 is 1.21 bits per heavy atom. The van der Waals surface area contributed by atoms with Gasteiger partial charge in [0.25, 0.3) is 0 Å². The maximum atomic E-state index is 3.83. The van der Waals surface area contributed by atoms with Crippen molar-refractivity contribution in [2.75, 3.05) is 0 Å². The third-order valence-corrected chi connectivity index (χ3v) is 5.25. The molecule has 2 heteroatoms. The molecule has 3 atom stereocenters. The summed E-state index contributed by atoms with van der Waals surface area (Å²) in [6.07, 6.45) is 8.25. The molecule has 2 rings (SSSR count). The molecule has 2 unspecified atom stereocenters. The molecule has 0 aliphatic heterocycles. The van der Waals surface area contributed by atoms with Gasteiger partial charge in [-0.1, -0.05) is 60.3 Å². The minimum absolute atomic E-state index is 0.429. The lowest BCUT2D eigenvalue weighted by atomic mass is 9.97. The van der Waals surface area contributed by atoms with Crippen LogP contribution in [0.15, 0.2) is 28.7 Å². The zero-order chi connectivity index (χ0) is 13.7. The highest BCUT2D eigenvalue weighted by Gasteiger charge is 2.20.